The zero-order chi connectivity index (χ0) is 12.5. The van der Waals surface area contributed by atoms with Crippen LogP contribution >= 0.6 is 0 Å². The Morgan fingerprint density at radius 2 is 0.867 bits per heavy atom. The molecule has 0 nitrogen and oxygen atoms in total. The minimum atomic E-state index is -5.59. The molecule has 0 N–H and O–H groups in total. The average Bonchev–Trinajstić information content (AvgIpc) is 1.75. The second kappa shape index (κ2) is 4.09. The molecule has 15 heavy (non-hydrogen) atoms. The van der Waals surface area contributed by atoms with E-state index in [1.54, 1.807) is 0 Å². The zero-order valence-corrected chi connectivity index (χ0v) is 6.82. The molecule has 0 heterocycles. The second-order valence-electron chi connectivity index (χ2n) is 2.69. The van der Waals surface area contributed by atoms with E-state index in [1.165, 1.54) is 0 Å². The molecule has 91 valence electrons. The van der Waals surface area contributed by atoms with Crippen molar-refractivity contribution in [3.63, 3.8) is 0 Å². The van der Waals surface area contributed by atoms with E-state index in [9.17, 15) is 39.5 Å². The maximum Gasteiger partial charge on any atom is 0.396 e. The topological polar surface area (TPSA) is 0 Å². The molecule has 0 aromatic rings. The summed E-state index contributed by atoms with van der Waals surface area (Å²) in [4.78, 5) is 0. The Kier molecular flexibility index (Phi) is 3.92. The normalized spacial score (nSPS) is 14.8. The Hall–Kier alpha value is -0.630. The van der Waals surface area contributed by atoms with Crippen LogP contribution in [0.15, 0.2) is 0 Å². The van der Waals surface area contributed by atoms with E-state index in [0.29, 0.717) is 0 Å². The van der Waals surface area contributed by atoms with Gasteiger partial charge >= 0.3 is 18.5 Å². The highest BCUT2D eigenvalue weighted by Gasteiger charge is 2.51. The number of hydrogen-bond donors (Lipinski definition) is 0. The maximum atomic E-state index is 11.7. The van der Waals surface area contributed by atoms with Crippen molar-refractivity contribution in [2.24, 2.45) is 0 Å². The number of alkyl halides is 9. The van der Waals surface area contributed by atoms with Crippen LogP contribution < -0.4 is 0 Å². The van der Waals surface area contributed by atoms with E-state index in [2.05, 4.69) is 0 Å². The van der Waals surface area contributed by atoms with Crippen molar-refractivity contribution in [3.8, 4) is 0 Å². The van der Waals surface area contributed by atoms with Crippen molar-refractivity contribution in [1.29, 1.82) is 0 Å². The van der Waals surface area contributed by atoms with Crippen molar-refractivity contribution in [1.82, 2.24) is 0 Å². The molecular formula is C6H4F9. The standard InChI is InChI=1S/C6H4F9/c7-4(8,9)1-3(6(13,14)15)2-5(10,11)12/h1-2H2. The monoisotopic (exact) mass is 247 g/mol. The average molecular weight is 247 g/mol. The molecule has 0 aromatic heterocycles. The number of halogens is 9. The molecule has 0 saturated carbocycles. The summed E-state index contributed by atoms with van der Waals surface area (Å²) in [6.07, 6.45) is -21.4. The Morgan fingerprint density at radius 1 is 0.600 bits per heavy atom. The van der Waals surface area contributed by atoms with Crippen molar-refractivity contribution in [3.05, 3.63) is 5.92 Å². The van der Waals surface area contributed by atoms with Crippen LogP contribution in [0.1, 0.15) is 12.8 Å². The summed E-state index contributed by atoms with van der Waals surface area (Å²) in [5.74, 6) is -2.54. The minimum absolute atomic E-state index is 2.54. The highest BCUT2D eigenvalue weighted by molar-refractivity contribution is 5.01. The molecule has 0 fully saturated rings. The molecule has 0 aliphatic heterocycles. The van der Waals surface area contributed by atoms with Crippen molar-refractivity contribution in [2.45, 2.75) is 31.4 Å². The van der Waals surface area contributed by atoms with Gasteiger partial charge in [0.2, 0.25) is 0 Å². The lowest BCUT2D eigenvalue weighted by Crippen LogP contribution is -2.30. The van der Waals surface area contributed by atoms with Gasteiger partial charge in [0, 0.05) is 0 Å². The molecule has 0 rings (SSSR count). The zero-order valence-electron chi connectivity index (χ0n) is 6.82. The molecular weight excluding hydrogens is 243 g/mol. The molecule has 9 heteroatoms. The third kappa shape index (κ3) is 7.32. The van der Waals surface area contributed by atoms with E-state index in [-0.39, 0.29) is 0 Å². The maximum absolute atomic E-state index is 11.7. The van der Waals surface area contributed by atoms with Crippen LogP contribution in [0, 0.1) is 5.92 Å². The van der Waals surface area contributed by atoms with Crippen LogP contribution in [0.5, 0.6) is 0 Å². The largest absolute Gasteiger partial charge is 0.396 e. The van der Waals surface area contributed by atoms with Crippen LogP contribution in [0.3, 0.4) is 0 Å². The van der Waals surface area contributed by atoms with Gasteiger partial charge in [-0.1, -0.05) is 0 Å². The van der Waals surface area contributed by atoms with Crippen LogP contribution in [0.4, 0.5) is 39.5 Å². The van der Waals surface area contributed by atoms with Crippen LogP contribution in [0.2, 0.25) is 0 Å². The van der Waals surface area contributed by atoms with Crippen LogP contribution in [0.25, 0.3) is 0 Å². The predicted octanol–water partition coefficient (Wildman–Crippen LogP) is 4.03. The molecule has 0 atom stereocenters. The van der Waals surface area contributed by atoms with Gasteiger partial charge in [0.15, 0.2) is 0 Å². The van der Waals surface area contributed by atoms with Gasteiger partial charge in [-0.05, 0) is 0 Å². The Labute approximate surface area is 78.1 Å². The van der Waals surface area contributed by atoms with Gasteiger partial charge < -0.3 is 0 Å². The van der Waals surface area contributed by atoms with Crippen LogP contribution in [-0.4, -0.2) is 18.5 Å². The van der Waals surface area contributed by atoms with E-state index in [0.717, 1.165) is 0 Å². The van der Waals surface area contributed by atoms with Gasteiger partial charge in [0.05, 0.1) is 18.8 Å². The van der Waals surface area contributed by atoms with Gasteiger partial charge in [-0.2, -0.15) is 39.5 Å². The molecule has 0 amide bonds. The molecule has 0 aromatic carbocycles. The van der Waals surface area contributed by atoms with Gasteiger partial charge in [-0.15, -0.1) is 0 Å². The van der Waals surface area contributed by atoms with Gasteiger partial charge in [-0.25, -0.2) is 0 Å². The lowest BCUT2D eigenvalue weighted by atomic mass is 10.0. The summed E-state index contributed by atoms with van der Waals surface area (Å²) in [6, 6.07) is 0. The highest BCUT2D eigenvalue weighted by Crippen LogP contribution is 2.43. The first-order chi connectivity index (χ1) is 6.31. The lowest BCUT2D eigenvalue weighted by Gasteiger charge is -2.21. The summed E-state index contributed by atoms with van der Waals surface area (Å²) in [6.45, 7) is 0. The van der Waals surface area contributed by atoms with E-state index in [1.807, 2.05) is 0 Å². The fourth-order valence-corrected chi connectivity index (χ4v) is 0.747. The molecule has 1 radical (unpaired) electrons. The van der Waals surface area contributed by atoms with Crippen molar-refractivity contribution < 1.29 is 39.5 Å². The first-order valence-corrected chi connectivity index (χ1v) is 3.37. The Morgan fingerprint density at radius 3 is 1.00 bits per heavy atom. The van der Waals surface area contributed by atoms with Crippen LogP contribution in [-0.2, 0) is 0 Å². The third-order valence-electron chi connectivity index (χ3n) is 1.23. The van der Waals surface area contributed by atoms with Gasteiger partial charge in [0.1, 0.15) is 0 Å². The molecule has 0 bridgehead atoms. The van der Waals surface area contributed by atoms with Crippen molar-refractivity contribution in [2.75, 3.05) is 0 Å². The second-order valence-corrected chi connectivity index (χ2v) is 2.69. The van der Waals surface area contributed by atoms with Gasteiger partial charge in [0.25, 0.3) is 0 Å². The quantitative estimate of drug-likeness (QED) is 0.646. The van der Waals surface area contributed by atoms with E-state index in [4.69, 9.17) is 0 Å². The Bertz CT molecular complexity index is 178. The SMILES string of the molecule is FC(F)(F)C[C](CC(F)(F)F)C(F)(F)F. The summed E-state index contributed by atoms with van der Waals surface area (Å²) >= 11 is 0. The number of hydrogen-bond acceptors (Lipinski definition) is 0. The predicted molar refractivity (Wildman–Crippen MR) is 30.6 cm³/mol. The summed E-state index contributed by atoms with van der Waals surface area (Å²) in [7, 11) is 0. The smallest absolute Gasteiger partial charge is 0.171 e. The summed E-state index contributed by atoms with van der Waals surface area (Å²) < 4.78 is 104. The molecule has 0 saturated heterocycles. The molecule has 0 aliphatic carbocycles. The molecule has 0 unspecified atom stereocenters. The van der Waals surface area contributed by atoms with E-state index >= 15 is 0 Å². The first kappa shape index (κ1) is 14.4. The molecule has 0 aliphatic rings. The van der Waals surface area contributed by atoms with E-state index < -0.39 is 37.3 Å². The fraction of sp³-hybridized carbons (Fsp3) is 0.833. The summed E-state index contributed by atoms with van der Waals surface area (Å²) in [5.41, 5.74) is 0. The third-order valence-corrected chi connectivity index (χ3v) is 1.23. The first-order valence-electron chi connectivity index (χ1n) is 3.37. The summed E-state index contributed by atoms with van der Waals surface area (Å²) in [5, 5.41) is 0. The lowest BCUT2D eigenvalue weighted by molar-refractivity contribution is -0.193. The van der Waals surface area contributed by atoms with Gasteiger partial charge in [-0.3, -0.25) is 0 Å². The minimum Gasteiger partial charge on any atom is -0.171 e. The molecule has 0 spiro atoms. The Balaban J connectivity index is 4.62. The highest BCUT2D eigenvalue weighted by atomic mass is 19.4. The van der Waals surface area contributed by atoms with Crippen molar-refractivity contribution >= 4 is 0 Å². The fourth-order valence-electron chi connectivity index (χ4n) is 0.747. The number of rotatable bonds is 2.